The van der Waals surface area contributed by atoms with E-state index in [9.17, 15) is 14.7 Å². The van der Waals surface area contributed by atoms with Gasteiger partial charge < -0.3 is 20.1 Å². The van der Waals surface area contributed by atoms with Crippen LogP contribution in [0.15, 0.2) is 18.7 Å². The Labute approximate surface area is 202 Å². The van der Waals surface area contributed by atoms with Crippen molar-refractivity contribution in [2.75, 3.05) is 20.3 Å². The highest BCUT2D eigenvalue weighted by atomic mass is 16.5. The number of aliphatic hydroxyl groups excluding tert-OH is 1. The average molecular weight is 473 g/mol. The summed E-state index contributed by atoms with van der Waals surface area (Å²) >= 11 is 0. The molecular weight excluding hydrogens is 432 g/mol. The summed E-state index contributed by atoms with van der Waals surface area (Å²) in [6.07, 6.45) is 9.55. The van der Waals surface area contributed by atoms with Gasteiger partial charge >= 0.3 is 0 Å². The van der Waals surface area contributed by atoms with E-state index in [-0.39, 0.29) is 53.0 Å². The number of carbonyl (C=O) groups is 2. The number of hydrogen-bond acceptors (Lipinski definition) is 6. The third kappa shape index (κ3) is 4.71. The second-order valence-corrected chi connectivity index (χ2v) is 11.0. The average Bonchev–Trinajstić information content (AvgIpc) is 3.29. The standard InChI is InChI=1S/C26H40N4O4/c1-16(25(33)30-11-5-6-19(30)14-34-4)20-7-9-26(3)10-8-21(17(2)22(26)23(20)31)29-24(32)18-12-27-15-28-13-18/h12-13,15-17,19-23,31H,5-11,14H2,1-4H3,(H,29,32)/t16-,17+,19+,20+,21-,22+,23-,26-/m0/s1. The van der Waals surface area contributed by atoms with Gasteiger partial charge in [-0.2, -0.15) is 0 Å². The van der Waals surface area contributed by atoms with Crippen molar-refractivity contribution in [2.24, 2.45) is 29.1 Å². The normalized spacial score (nSPS) is 36.6. The second-order valence-electron chi connectivity index (χ2n) is 11.0. The molecule has 34 heavy (non-hydrogen) atoms. The van der Waals surface area contributed by atoms with Crippen LogP contribution in [0.1, 0.15) is 69.7 Å². The van der Waals surface area contributed by atoms with Gasteiger partial charge in [0.15, 0.2) is 0 Å². The number of likely N-dealkylation sites (tertiary alicyclic amines) is 1. The molecule has 2 saturated carbocycles. The van der Waals surface area contributed by atoms with Gasteiger partial charge in [-0.3, -0.25) is 9.59 Å². The Morgan fingerprint density at radius 2 is 1.97 bits per heavy atom. The van der Waals surface area contributed by atoms with Crippen LogP contribution in [0.3, 0.4) is 0 Å². The fraction of sp³-hybridized carbons (Fsp3) is 0.769. The van der Waals surface area contributed by atoms with Crippen LogP contribution in [0, 0.1) is 29.1 Å². The maximum atomic E-state index is 13.5. The van der Waals surface area contributed by atoms with Crippen LogP contribution in [0.5, 0.6) is 0 Å². The zero-order valence-electron chi connectivity index (χ0n) is 20.9. The van der Waals surface area contributed by atoms with Gasteiger partial charge in [0, 0.05) is 38.0 Å². The molecule has 0 spiro atoms. The molecule has 4 rings (SSSR count). The third-order valence-corrected chi connectivity index (χ3v) is 9.08. The SMILES string of the molecule is COC[C@H]1CCCN1C(=O)[C@@H](C)[C@H]1CC[C@@]2(C)CC[C@H](NC(=O)c3cncnc3)[C@@H](C)[C@@H]2[C@H]1O. The van der Waals surface area contributed by atoms with Gasteiger partial charge in [-0.25, -0.2) is 9.97 Å². The van der Waals surface area contributed by atoms with Crippen molar-refractivity contribution in [1.29, 1.82) is 0 Å². The van der Waals surface area contributed by atoms with Crippen LogP contribution in [-0.2, 0) is 9.53 Å². The number of amides is 2. The molecule has 2 heterocycles. The summed E-state index contributed by atoms with van der Waals surface area (Å²) in [5, 5.41) is 14.8. The van der Waals surface area contributed by atoms with Gasteiger partial charge in [-0.1, -0.05) is 20.8 Å². The van der Waals surface area contributed by atoms with E-state index in [1.807, 2.05) is 11.8 Å². The van der Waals surface area contributed by atoms with E-state index in [4.69, 9.17) is 4.74 Å². The lowest BCUT2D eigenvalue weighted by molar-refractivity contribution is -0.151. The zero-order valence-corrected chi connectivity index (χ0v) is 20.9. The summed E-state index contributed by atoms with van der Waals surface area (Å²) in [5.41, 5.74) is 0.460. The topological polar surface area (TPSA) is 105 Å². The summed E-state index contributed by atoms with van der Waals surface area (Å²) in [7, 11) is 1.68. The Bertz CT molecular complexity index is 868. The Hall–Kier alpha value is -2.06. The lowest BCUT2D eigenvalue weighted by Gasteiger charge is -2.56. The van der Waals surface area contributed by atoms with Gasteiger partial charge in [0.2, 0.25) is 5.91 Å². The molecule has 1 aliphatic heterocycles. The summed E-state index contributed by atoms with van der Waals surface area (Å²) in [5.74, 6) is -0.218. The number of ether oxygens (including phenoxy) is 1. The van der Waals surface area contributed by atoms with Crippen LogP contribution in [0.4, 0.5) is 0 Å². The molecule has 1 aromatic rings. The van der Waals surface area contributed by atoms with E-state index in [1.165, 1.54) is 18.7 Å². The van der Waals surface area contributed by atoms with E-state index in [0.29, 0.717) is 12.2 Å². The first-order valence-electron chi connectivity index (χ1n) is 12.8. The molecule has 0 aromatic carbocycles. The quantitative estimate of drug-likeness (QED) is 0.660. The molecule has 188 valence electrons. The number of nitrogens with zero attached hydrogens (tertiary/aromatic N) is 3. The van der Waals surface area contributed by atoms with Gasteiger partial charge in [-0.05, 0) is 61.7 Å². The second kappa shape index (κ2) is 10.3. The van der Waals surface area contributed by atoms with Crippen molar-refractivity contribution < 1.29 is 19.4 Å². The van der Waals surface area contributed by atoms with Gasteiger partial charge in [0.05, 0.1) is 24.3 Å². The minimum atomic E-state index is -0.573. The first-order chi connectivity index (χ1) is 16.3. The predicted octanol–water partition coefficient (Wildman–Crippen LogP) is 2.67. The molecule has 3 aliphatic rings. The van der Waals surface area contributed by atoms with Crippen LogP contribution in [0.25, 0.3) is 0 Å². The highest BCUT2D eigenvalue weighted by Gasteiger charge is 2.54. The molecule has 3 fully saturated rings. The molecule has 2 N–H and O–H groups in total. The lowest BCUT2D eigenvalue weighted by atomic mass is 9.51. The number of aromatic nitrogens is 2. The van der Waals surface area contributed by atoms with Crippen molar-refractivity contribution in [3.63, 3.8) is 0 Å². The molecule has 8 nitrogen and oxygen atoms in total. The molecule has 1 saturated heterocycles. The number of nitrogens with one attached hydrogen (secondary N) is 1. The lowest BCUT2D eigenvalue weighted by Crippen LogP contribution is -2.58. The fourth-order valence-electron chi connectivity index (χ4n) is 7.10. The number of rotatable bonds is 6. The summed E-state index contributed by atoms with van der Waals surface area (Å²) in [4.78, 5) is 36.1. The minimum absolute atomic E-state index is 0.0153. The van der Waals surface area contributed by atoms with Crippen LogP contribution in [0.2, 0.25) is 0 Å². The van der Waals surface area contributed by atoms with Crippen LogP contribution in [-0.4, -0.2) is 70.2 Å². The maximum absolute atomic E-state index is 13.5. The Kier molecular flexibility index (Phi) is 7.57. The molecular formula is C26H40N4O4. The Morgan fingerprint density at radius 3 is 2.68 bits per heavy atom. The first-order valence-corrected chi connectivity index (χ1v) is 12.8. The number of hydrogen-bond donors (Lipinski definition) is 2. The molecule has 0 unspecified atom stereocenters. The molecule has 1 aromatic heterocycles. The first kappa shape index (κ1) is 25.0. The number of aliphatic hydroxyl groups is 1. The van der Waals surface area contributed by atoms with E-state index in [2.05, 4.69) is 29.1 Å². The summed E-state index contributed by atoms with van der Waals surface area (Å²) < 4.78 is 5.34. The monoisotopic (exact) mass is 472 g/mol. The maximum Gasteiger partial charge on any atom is 0.254 e. The Morgan fingerprint density at radius 1 is 1.26 bits per heavy atom. The van der Waals surface area contributed by atoms with Crippen LogP contribution < -0.4 is 5.32 Å². The van der Waals surface area contributed by atoms with Gasteiger partial charge in [-0.15, -0.1) is 0 Å². The van der Waals surface area contributed by atoms with Crippen molar-refractivity contribution in [1.82, 2.24) is 20.2 Å². The number of methoxy groups -OCH3 is 1. The molecule has 0 bridgehead atoms. The highest BCUT2D eigenvalue weighted by Crippen LogP contribution is 2.55. The minimum Gasteiger partial charge on any atom is -0.392 e. The van der Waals surface area contributed by atoms with E-state index in [1.54, 1.807) is 7.11 Å². The van der Waals surface area contributed by atoms with E-state index >= 15 is 0 Å². The molecule has 2 aliphatic carbocycles. The molecule has 2 amide bonds. The van der Waals surface area contributed by atoms with E-state index in [0.717, 1.165) is 45.1 Å². The number of fused-ring (bicyclic) bond motifs is 1. The van der Waals surface area contributed by atoms with Gasteiger partial charge in [0.1, 0.15) is 6.33 Å². The fourth-order valence-corrected chi connectivity index (χ4v) is 7.10. The molecule has 8 atom stereocenters. The largest absolute Gasteiger partial charge is 0.392 e. The third-order valence-electron chi connectivity index (χ3n) is 9.08. The van der Waals surface area contributed by atoms with E-state index < -0.39 is 6.10 Å². The highest BCUT2D eigenvalue weighted by molar-refractivity contribution is 5.93. The van der Waals surface area contributed by atoms with Crippen molar-refractivity contribution in [3.05, 3.63) is 24.3 Å². The zero-order chi connectivity index (χ0) is 24.5. The molecule has 0 radical (unpaired) electrons. The Balaban J connectivity index is 1.47. The van der Waals surface area contributed by atoms with Crippen LogP contribution >= 0.6 is 0 Å². The van der Waals surface area contributed by atoms with Crippen molar-refractivity contribution in [3.8, 4) is 0 Å². The predicted molar refractivity (Wildman–Crippen MR) is 128 cm³/mol. The molecule has 8 heteroatoms. The van der Waals surface area contributed by atoms with Gasteiger partial charge in [0.25, 0.3) is 5.91 Å². The smallest absolute Gasteiger partial charge is 0.254 e. The van der Waals surface area contributed by atoms with Crippen molar-refractivity contribution in [2.45, 2.75) is 77.5 Å². The summed E-state index contributed by atoms with van der Waals surface area (Å²) in [6, 6.07) is 0.107. The number of carbonyl (C=O) groups excluding carboxylic acids is 2. The van der Waals surface area contributed by atoms with Crippen molar-refractivity contribution >= 4 is 11.8 Å². The summed E-state index contributed by atoms with van der Waals surface area (Å²) in [6.45, 7) is 7.75.